The number of nitrogens with one attached hydrogen (secondary N) is 2. The average molecular weight is 654 g/mol. The number of ether oxygens (including phenoxy) is 5. The molecule has 2 N–H and O–H groups in total. The SMILES string of the molecule is C#CCOCCOCCOCCOCCNC1(CNc2nc(N3CCS(=O)(=O)c4ccccc4C3)nc3ccc(C)cc23)COC1. The standard InChI is InChI=1S/C33H43N5O7S/c1-3-12-41-14-16-43-18-19-44-17-15-42-13-10-35-33(24-45-25-33)23-34-31-28-21-26(2)8-9-29(28)36-32(37-31)38-11-20-46(39,40)30-7-5-4-6-27(30)22-38/h1,4-9,21,35H,10-20,22-25H2,2H3,(H,34,36,37). The van der Waals surface area contributed by atoms with Crippen molar-refractivity contribution in [2.45, 2.75) is 23.9 Å². The molecule has 2 aliphatic heterocycles. The number of benzene rings is 2. The van der Waals surface area contributed by atoms with Crippen molar-refractivity contribution >= 4 is 32.5 Å². The Bertz CT molecular complexity index is 1590. The van der Waals surface area contributed by atoms with Gasteiger partial charge in [-0.05, 0) is 30.7 Å². The minimum Gasteiger partial charge on any atom is -0.378 e. The summed E-state index contributed by atoms with van der Waals surface area (Å²) in [5, 5.41) is 8.06. The van der Waals surface area contributed by atoms with E-state index in [2.05, 4.69) is 22.6 Å². The van der Waals surface area contributed by atoms with Crippen LogP contribution in [-0.2, 0) is 40.1 Å². The predicted molar refractivity (Wildman–Crippen MR) is 176 cm³/mol. The molecule has 1 fully saturated rings. The highest BCUT2D eigenvalue weighted by molar-refractivity contribution is 7.91. The van der Waals surface area contributed by atoms with Crippen LogP contribution in [0.1, 0.15) is 11.1 Å². The van der Waals surface area contributed by atoms with Crippen molar-refractivity contribution < 1.29 is 32.1 Å². The number of sulfone groups is 1. The molecule has 2 aliphatic rings. The van der Waals surface area contributed by atoms with E-state index >= 15 is 0 Å². The second-order valence-electron chi connectivity index (χ2n) is 11.4. The highest BCUT2D eigenvalue weighted by Crippen LogP contribution is 2.29. The second-order valence-corrected chi connectivity index (χ2v) is 13.5. The number of nitrogens with zero attached hydrogens (tertiary/aromatic N) is 3. The lowest BCUT2D eigenvalue weighted by Crippen LogP contribution is -2.64. The third-order valence-electron chi connectivity index (χ3n) is 7.82. The molecule has 3 heterocycles. The summed E-state index contributed by atoms with van der Waals surface area (Å²) in [4.78, 5) is 12.1. The topological polar surface area (TPSA) is 133 Å². The molecule has 0 unspecified atom stereocenters. The Morgan fingerprint density at radius 2 is 1.70 bits per heavy atom. The summed E-state index contributed by atoms with van der Waals surface area (Å²) in [6.07, 6.45) is 5.12. The maximum atomic E-state index is 13.0. The van der Waals surface area contributed by atoms with Crippen LogP contribution in [0.3, 0.4) is 0 Å². The second kappa shape index (κ2) is 16.5. The molecular formula is C33H43N5O7S. The monoisotopic (exact) mass is 653 g/mol. The van der Waals surface area contributed by atoms with Crippen LogP contribution in [0.2, 0.25) is 0 Å². The van der Waals surface area contributed by atoms with Crippen LogP contribution < -0.4 is 15.5 Å². The fourth-order valence-corrected chi connectivity index (χ4v) is 6.79. The Hall–Kier alpha value is -3.35. The van der Waals surface area contributed by atoms with Crippen molar-refractivity contribution in [2.75, 3.05) is 102 Å². The molecule has 13 heteroatoms. The molecule has 46 heavy (non-hydrogen) atoms. The molecule has 0 aliphatic carbocycles. The Morgan fingerprint density at radius 1 is 0.978 bits per heavy atom. The molecule has 1 aromatic heterocycles. The Balaban J connectivity index is 1.13. The number of aromatic nitrogens is 2. The van der Waals surface area contributed by atoms with E-state index in [1.807, 2.05) is 36.1 Å². The first kappa shape index (κ1) is 34.0. The number of rotatable bonds is 18. The number of hydrogen-bond donors (Lipinski definition) is 2. The number of aryl methyl sites for hydroxylation is 1. The van der Waals surface area contributed by atoms with Crippen molar-refractivity contribution in [1.82, 2.24) is 15.3 Å². The smallest absolute Gasteiger partial charge is 0.228 e. The van der Waals surface area contributed by atoms with E-state index in [-0.39, 0.29) is 11.3 Å². The summed E-state index contributed by atoms with van der Waals surface area (Å²) < 4.78 is 53.3. The number of fused-ring (bicyclic) bond motifs is 2. The highest BCUT2D eigenvalue weighted by atomic mass is 32.2. The van der Waals surface area contributed by atoms with E-state index in [0.29, 0.717) is 109 Å². The lowest BCUT2D eigenvalue weighted by Gasteiger charge is -2.42. The van der Waals surface area contributed by atoms with Crippen molar-refractivity contribution in [3.8, 4) is 12.3 Å². The van der Waals surface area contributed by atoms with Crippen molar-refractivity contribution in [1.29, 1.82) is 0 Å². The predicted octanol–water partition coefficient (Wildman–Crippen LogP) is 2.20. The van der Waals surface area contributed by atoms with Crippen molar-refractivity contribution in [3.05, 3.63) is 53.6 Å². The quantitative estimate of drug-likeness (QED) is 0.154. The fraction of sp³-hybridized carbons (Fsp3) is 0.515. The first-order valence-electron chi connectivity index (χ1n) is 15.5. The molecule has 0 spiro atoms. The fourth-order valence-electron chi connectivity index (χ4n) is 5.29. The zero-order valence-corrected chi connectivity index (χ0v) is 27.1. The zero-order valence-electron chi connectivity index (χ0n) is 26.3. The molecule has 0 bridgehead atoms. The molecule has 12 nitrogen and oxygen atoms in total. The third kappa shape index (κ3) is 9.13. The van der Waals surface area contributed by atoms with E-state index < -0.39 is 9.84 Å². The lowest BCUT2D eigenvalue weighted by molar-refractivity contribution is -0.0697. The van der Waals surface area contributed by atoms with Gasteiger partial charge in [0.15, 0.2) is 9.84 Å². The van der Waals surface area contributed by atoms with Crippen LogP contribution in [0.5, 0.6) is 0 Å². The van der Waals surface area contributed by atoms with Gasteiger partial charge in [0.2, 0.25) is 5.95 Å². The summed E-state index contributed by atoms with van der Waals surface area (Å²) in [5.74, 6) is 3.61. The minimum atomic E-state index is -3.39. The van der Waals surface area contributed by atoms with Crippen LogP contribution >= 0.6 is 0 Å². The lowest BCUT2D eigenvalue weighted by atomic mass is 9.97. The van der Waals surface area contributed by atoms with Gasteiger partial charge in [0.05, 0.1) is 81.2 Å². The van der Waals surface area contributed by atoms with Crippen LogP contribution in [-0.4, -0.2) is 115 Å². The van der Waals surface area contributed by atoms with Gasteiger partial charge in [-0.15, -0.1) is 6.42 Å². The first-order chi connectivity index (χ1) is 22.4. The highest BCUT2D eigenvalue weighted by Gasteiger charge is 2.38. The normalized spacial score (nSPS) is 16.7. The van der Waals surface area contributed by atoms with E-state index in [4.69, 9.17) is 40.1 Å². The van der Waals surface area contributed by atoms with Crippen molar-refractivity contribution in [3.63, 3.8) is 0 Å². The third-order valence-corrected chi connectivity index (χ3v) is 9.61. The zero-order chi connectivity index (χ0) is 32.2. The Labute approximate surface area is 271 Å². The first-order valence-corrected chi connectivity index (χ1v) is 17.2. The van der Waals surface area contributed by atoms with Gasteiger partial charge in [0, 0.05) is 31.6 Å². The van der Waals surface area contributed by atoms with Crippen LogP contribution in [0.15, 0.2) is 47.4 Å². The van der Waals surface area contributed by atoms with E-state index in [9.17, 15) is 8.42 Å². The summed E-state index contributed by atoms with van der Waals surface area (Å²) in [7, 11) is -3.39. The van der Waals surface area contributed by atoms with Gasteiger partial charge in [0.25, 0.3) is 0 Å². The summed E-state index contributed by atoms with van der Waals surface area (Å²) in [5.41, 5.74) is 2.37. The molecule has 0 saturated carbocycles. The number of anilines is 2. The summed E-state index contributed by atoms with van der Waals surface area (Å²) in [6.45, 7) is 8.87. The van der Waals surface area contributed by atoms with Gasteiger partial charge in [-0.3, -0.25) is 0 Å². The Morgan fingerprint density at radius 3 is 2.41 bits per heavy atom. The number of terminal acetylenes is 1. The largest absolute Gasteiger partial charge is 0.378 e. The van der Waals surface area contributed by atoms with Crippen LogP contribution in [0.4, 0.5) is 11.8 Å². The molecule has 5 rings (SSSR count). The van der Waals surface area contributed by atoms with Gasteiger partial charge in [-0.25, -0.2) is 13.4 Å². The molecule has 3 aromatic rings. The maximum Gasteiger partial charge on any atom is 0.228 e. The minimum absolute atomic E-state index is 0.000888. The molecule has 0 atom stereocenters. The molecule has 2 aromatic carbocycles. The molecular weight excluding hydrogens is 610 g/mol. The van der Waals surface area contributed by atoms with Gasteiger partial charge in [-0.2, -0.15) is 4.98 Å². The van der Waals surface area contributed by atoms with E-state index in [0.717, 1.165) is 22.0 Å². The molecule has 248 valence electrons. The van der Waals surface area contributed by atoms with Gasteiger partial charge in [-0.1, -0.05) is 35.7 Å². The van der Waals surface area contributed by atoms with E-state index in [1.54, 1.807) is 12.1 Å². The van der Waals surface area contributed by atoms with Crippen molar-refractivity contribution in [2.24, 2.45) is 0 Å². The van der Waals surface area contributed by atoms with E-state index in [1.165, 1.54) is 0 Å². The van der Waals surface area contributed by atoms with Gasteiger partial charge < -0.3 is 39.2 Å². The van der Waals surface area contributed by atoms with Gasteiger partial charge >= 0.3 is 0 Å². The Kier molecular flexibility index (Phi) is 12.2. The molecule has 1 saturated heterocycles. The number of hydrogen-bond acceptors (Lipinski definition) is 12. The van der Waals surface area contributed by atoms with Gasteiger partial charge in [0.1, 0.15) is 12.4 Å². The molecule has 0 amide bonds. The maximum absolute atomic E-state index is 13.0. The summed E-state index contributed by atoms with van der Waals surface area (Å²) >= 11 is 0. The average Bonchev–Trinajstić information content (AvgIpc) is 3.17. The van der Waals surface area contributed by atoms with Crippen LogP contribution in [0.25, 0.3) is 10.9 Å². The summed E-state index contributed by atoms with van der Waals surface area (Å²) in [6, 6.07) is 13.2. The molecule has 0 radical (unpaired) electrons. The van der Waals surface area contributed by atoms with Crippen LogP contribution in [0, 0.1) is 19.3 Å².